The average Bonchev–Trinajstić information content (AvgIpc) is 2.36. The predicted molar refractivity (Wildman–Crippen MR) is 72.0 cm³/mol. The predicted octanol–water partition coefficient (Wildman–Crippen LogP) is 1.66. The molecule has 1 aromatic carbocycles. The van der Waals surface area contributed by atoms with Crippen molar-refractivity contribution < 1.29 is 4.74 Å². The van der Waals surface area contributed by atoms with E-state index in [1.807, 2.05) is 0 Å². The number of rotatable bonds is 8. The van der Waals surface area contributed by atoms with E-state index in [0.717, 1.165) is 26.1 Å². The highest BCUT2D eigenvalue weighted by Crippen LogP contribution is 2.07. The van der Waals surface area contributed by atoms with Crippen LogP contribution in [0.5, 0.6) is 0 Å². The van der Waals surface area contributed by atoms with Gasteiger partial charge in [-0.25, -0.2) is 0 Å². The van der Waals surface area contributed by atoms with E-state index in [4.69, 9.17) is 10.5 Å². The summed E-state index contributed by atoms with van der Waals surface area (Å²) in [6, 6.07) is 8.81. The molecular formula is C14H24N2O. The SMILES string of the molecule is CCc1ccc(CN(C)CCOCCN)cc1. The van der Waals surface area contributed by atoms with Crippen LogP contribution in [-0.2, 0) is 17.7 Å². The van der Waals surface area contributed by atoms with Gasteiger partial charge in [0.25, 0.3) is 0 Å². The third kappa shape index (κ3) is 5.82. The molecule has 0 atom stereocenters. The Morgan fingerprint density at radius 2 is 1.76 bits per heavy atom. The van der Waals surface area contributed by atoms with Crippen LogP contribution in [0.2, 0.25) is 0 Å². The van der Waals surface area contributed by atoms with Crippen LogP contribution in [0.1, 0.15) is 18.1 Å². The molecule has 2 N–H and O–H groups in total. The fourth-order valence-corrected chi connectivity index (χ4v) is 1.68. The summed E-state index contributed by atoms with van der Waals surface area (Å²) in [5.41, 5.74) is 8.10. The van der Waals surface area contributed by atoms with Crippen LogP contribution in [0, 0.1) is 0 Å². The second-order valence-electron chi connectivity index (χ2n) is 4.31. The van der Waals surface area contributed by atoms with Crippen molar-refractivity contribution >= 4 is 0 Å². The lowest BCUT2D eigenvalue weighted by Crippen LogP contribution is -2.23. The highest BCUT2D eigenvalue weighted by atomic mass is 16.5. The second-order valence-corrected chi connectivity index (χ2v) is 4.31. The molecule has 17 heavy (non-hydrogen) atoms. The van der Waals surface area contributed by atoms with Gasteiger partial charge in [0.05, 0.1) is 13.2 Å². The smallest absolute Gasteiger partial charge is 0.0594 e. The van der Waals surface area contributed by atoms with Gasteiger partial charge in [-0.2, -0.15) is 0 Å². The van der Waals surface area contributed by atoms with Crippen LogP contribution in [0.4, 0.5) is 0 Å². The molecule has 0 amide bonds. The Balaban J connectivity index is 2.26. The summed E-state index contributed by atoms with van der Waals surface area (Å²) in [7, 11) is 2.11. The number of ether oxygens (including phenoxy) is 1. The van der Waals surface area contributed by atoms with Gasteiger partial charge in [0.2, 0.25) is 0 Å². The molecule has 96 valence electrons. The fraction of sp³-hybridized carbons (Fsp3) is 0.571. The number of hydrogen-bond acceptors (Lipinski definition) is 3. The molecule has 0 aliphatic rings. The molecule has 0 aliphatic heterocycles. The molecule has 1 rings (SSSR count). The van der Waals surface area contributed by atoms with E-state index in [9.17, 15) is 0 Å². The van der Waals surface area contributed by atoms with Gasteiger partial charge in [0.1, 0.15) is 0 Å². The fourth-order valence-electron chi connectivity index (χ4n) is 1.68. The summed E-state index contributed by atoms with van der Waals surface area (Å²) in [6.07, 6.45) is 1.10. The van der Waals surface area contributed by atoms with E-state index >= 15 is 0 Å². The van der Waals surface area contributed by atoms with Gasteiger partial charge in [-0.05, 0) is 24.6 Å². The zero-order valence-corrected chi connectivity index (χ0v) is 11.0. The van der Waals surface area contributed by atoms with Crippen molar-refractivity contribution in [3.05, 3.63) is 35.4 Å². The lowest BCUT2D eigenvalue weighted by Gasteiger charge is -2.16. The minimum Gasteiger partial charge on any atom is -0.379 e. The summed E-state index contributed by atoms with van der Waals surface area (Å²) in [6.45, 7) is 6.09. The first kappa shape index (κ1) is 14.2. The van der Waals surface area contributed by atoms with Gasteiger partial charge < -0.3 is 10.5 Å². The maximum atomic E-state index is 5.36. The average molecular weight is 236 g/mol. The Labute approximate surface area is 105 Å². The molecular weight excluding hydrogens is 212 g/mol. The van der Waals surface area contributed by atoms with Crippen molar-refractivity contribution in [2.24, 2.45) is 5.73 Å². The largest absolute Gasteiger partial charge is 0.379 e. The maximum absolute atomic E-state index is 5.36. The molecule has 3 heteroatoms. The van der Waals surface area contributed by atoms with Gasteiger partial charge >= 0.3 is 0 Å². The monoisotopic (exact) mass is 236 g/mol. The van der Waals surface area contributed by atoms with Gasteiger partial charge in [0, 0.05) is 19.6 Å². The Morgan fingerprint density at radius 1 is 1.12 bits per heavy atom. The minimum absolute atomic E-state index is 0.599. The molecule has 1 aromatic rings. The Morgan fingerprint density at radius 3 is 2.35 bits per heavy atom. The molecule has 0 heterocycles. The quantitative estimate of drug-likeness (QED) is 0.698. The van der Waals surface area contributed by atoms with E-state index in [1.54, 1.807) is 0 Å². The highest BCUT2D eigenvalue weighted by molar-refractivity contribution is 5.22. The Bertz CT molecular complexity index is 298. The van der Waals surface area contributed by atoms with Crippen LogP contribution in [0.25, 0.3) is 0 Å². The van der Waals surface area contributed by atoms with Gasteiger partial charge in [-0.1, -0.05) is 31.2 Å². The Kier molecular flexibility index (Phi) is 6.86. The molecule has 3 nitrogen and oxygen atoms in total. The molecule has 0 saturated heterocycles. The minimum atomic E-state index is 0.599. The standard InChI is InChI=1S/C14H24N2O/c1-3-13-4-6-14(7-5-13)12-16(2)9-11-17-10-8-15/h4-7H,3,8-12,15H2,1-2H3. The molecule has 0 aliphatic carbocycles. The molecule has 0 bridgehead atoms. The van der Waals surface area contributed by atoms with E-state index < -0.39 is 0 Å². The van der Waals surface area contributed by atoms with Crippen molar-refractivity contribution in [1.82, 2.24) is 4.90 Å². The molecule has 0 saturated carbocycles. The van der Waals surface area contributed by atoms with Crippen LogP contribution < -0.4 is 5.73 Å². The summed E-state index contributed by atoms with van der Waals surface area (Å²) >= 11 is 0. The maximum Gasteiger partial charge on any atom is 0.0594 e. The van der Waals surface area contributed by atoms with Crippen LogP contribution in [0.15, 0.2) is 24.3 Å². The van der Waals surface area contributed by atoms with Crippen molar-refractivity contribution in [3.63, 3.8) is 0 Å². The van der Waals surface area contributed by atoms with Crippen LogP contribution in [-0.4, -0.2) is 38.3 Å². The molecule has 0 radical (unpaired) electrons. The summed E-state index contributed by atoms with van der Waals surface area (Å²) < 4.78 is 5.36. The first-order valence-electron chi connectivity index (χ1n) is 6.30. The zero-order valence-electron chi connectivity index (χ0n) is 11.0. The van der Waals surface area contributed by atoms with Crippen molar-refractivity contribution in [1.29, 1.82) is 0 Å². The highest BCUT2D eigenvalue weighted by Gasteiger charge is 2.00. The van der Waals surface area contributed by atoms with Crippen LogP contribution >= 0.6 is 0 Å². The van der Waals surface area contributed by atoms with Crippen molar-refractivity contribution in [2.75, 3.05) is 33.4 Å². The first-order valence-corrected chi connectivity index (χ1v) is 6.30. The third-order valence-electron chi connectivity index (χ3n) is 2.76. The summed E-state index contributed by atoms with van der Waals surface area (Å²) in [5.74, 6) is 0. The lowest BCUT2D eigenvalue weighted by atomic mass is 10.1. The molecule has 0 unspecified atom stereocenters. The van der Waals surface area contributed by atoms with E-state index in [-0.39, 0.29) is 0 Å². The number of benzene rings is 1. The van der Waals surface area contributed by atoms with E-state index in [1.165, 1.54) is 11.1 Å². The molecule has 0 spiro atoms. The van der Waals surface area contributed by atoms with E-state index in [0.29, 0.717) is 13.2 Å². The summed E-state index contributed by atoms with van der Waals surface area (Å²) in [4.78, 5) is 2.26. The summed E-state index contributed by atoms with van der Waals surface area (Å²) in [5, 5.41) is 0. The van der Waals surface area contributed by atoms with Crippen molar-refractivity contribution in [3.8, 4) is 0 Å². The van der Waals surface area contributed by atoms with Gasteiger partial charge in [-0.15, -0.1) is 0 Å². The van der Waals surface area contributed by atoms with Gasteiger partial charge in [0.15, 0.2) is 0 Å². The topological polar surface area (TPSA) is 38.5 Å². The number of hydrogen-bond donors (Lipinski definition) is 1. The lowest BCUT2D eigenvalue weighted by molar-refractivity contribution is 0.115. The first-order chi connectivity index (χ1) is 8.26. The van der Waals surface area contributed by atoms with E-state index in [2.05, 4.69) is 43.1 Å². The third-order valence-corrected chi connectivity index (χ3v) is 2.76. The second kappa shape index (κ2) is 8.23. The zero-order chi connectivity index (χ0) is 12.5. The molecule has 0 fully saturated rings. The Hall–Kier alpha value is -0.900. The normalized spacial score (nSPS) is 11.1. The number of nitrogens with two attached hydrogens (primary N) is 1. The number of nitrogens with zero attached hydrogens (tertiary/aromatic N) is 1. The van der Waals surface area contributed by atoms with Crippen molar-refractivity contribution in [2.45, 2.75) is 19.9 Å². The molecule has 0 aromatic heterocycles. The number of likely N-dealkylation sites (N-methyl/N-ethyl adjacent to an activating group) is 1. The number of aryl methyl sites for hydroxylation is 1. The van der Waals surface area contributed by atoms with Crippen LogP contribution in [0.3, 0.4) is 0 Å². The van der Waals surface area contributed by atoms with Gasteiger partial charge in [-0.3, -0.25) is 4.90 Å².